The van der Waals surface area contributed by atoms with Crippen LogP contribution in [0.25, 0.3) is 0 Å². The number of halogens is 1. The molecule has 0 aliphatic carbocycles. The Morgan fingerprint density at radius 2 is 1.90 bits per heavy atom. The first-order valence-electron chi connectivity index (χ1n) is 6.83. The van der Waals surface area contributed by atoms with E-state index in [1.54, 1.807) is 6.33 Å². The van der Waals surface area contributed by atoms with Crippen LogP contribution in [-0.4, -0.2) is 26.5 Å². The molecular weight excluding hydrogens is 274 g/mol. The lowest BCUT2D eigenvalue weighted by molar-refractivity contribution is 0.221. The summed E-state index contributed by atoms with van der Waals surface area (Å²) < 4.78 is 1.91. The standard InChI is InChI=1S/C15H20ClN3O/c1-11(2)19-15(17-10-18-19)8-13(9-20)7-12-3-5-14(16)6-4-12/h3-6,10-11,13,20H,7-9H2,1-2H3. The molecule has 0 fully saturated rings. The van der Waals surface area contributed by atoms with Crippen LogP contribution >= 0.6 is 11.6 Å². The number of rotatable bonds is 6. The molecule has 1 atom stereocenters. The van der Waals surface area contributed by atoms with Crippen LogP contribution in [0, 0.1) is 5.92 Å². The Hall–Kier alpha value is -1.39. The van der Waals surface area contributed by atoms with E-state index in [0.717, 1.165) is 23.7 Å². The van der Waals surface area contributed by atoms with Crippen molar-refractivity contribution >= 4 is 11.6 Å². The minimum absolute atomic E-state index is 0.133. The highest BCUT2D eigenvalue weighted by molar-refractivity contribution is 6.30. The predicted molar refractivity (Wildman–Crippen MR) is 79.8 cm³/mol. The van der Waals surface area contributed by atoms with Crippen LogP contribution in [0.5, 0.6) is 0 Å². The van der Waals surface area contributed by atoms with E-state index in [1.807, 2.05) is 28.9 Å². The van der Waals surface area contributed by atoms with Crippen LogP contribution in [-0.2, 0) is 12.8 Å². The molecule has 5 heteroatoms. The van der Waals surface area contributed by atoms with E-state index in [-0.39, 0.29) is 18.6 Å². The second kappa shape index (κ2) is 6.86. The Kier molecular flexibility index (Phi) is 5.15. The van der Waals surface area contributed by atoms with E-state index in [2.05, 4.69) is 23.9 Å². The second-order valence-corrected chi connectivity index (χ2v) is 5.73. The van der Waals surface area contributed by atoms with Gasteiger partial charge in [0, 0.05) is 24.1 Å². The monoisotopic (exact) mass is 293 g/mol. The third-order valence-corrected chi connectivity index (χ3v) is 3.56. The van der Waals surface area contributed by atoms with Gasteiger partial charge in [-0.05, 0) is 43.9 Å². The minimum Gasteiger partial charge on any atom is -0.396 e. The van der Waals surface area contributed by atoms with Crippen molar-refractivity contribution in [2.75, 3.05) is 6.61 Å². The van der Waals surface area contributed by atoms with E-state index in [9.17, 15) is 5.11 Å². The summed E-state index contributed by atoms with van der Waals surface area (Å²) in [5, 5.41) is 14.5. The molecule has 0 radical (unpaired) electrons. The van der Waals surface area contributed by atoms with Crippen molar-refractivity contribution in [3.8, 4) is 0 Å². The number of hydrogen-bond donors (Lipinski definition) is 1. The summed E-state index contributed by atoms with van der Waals surface area (Å²) in [4.78, 5) is 4.30. The second-order valence-electron chi connectivity index (χ2n) is 5.30. The zero-order valence-electron chi connectivity index (χ0n) is 11.8. The molecule has 108 valence electrons. The summed E-state index contributed by atoms with van der Waals surface area (Å²) >= 11 is 5.88. The van der Waals surface area contributed by atoms with Gasteiger partial charge < -0.3 is 5.11 Å². The van der Waals surface area contributed by atoms with Gasteiger partial charge in [-0.2, -0.15) is 5.10 Å². The van der Waals surface area contributed by atoms with Gasteiger partial charge in [0.15, 0.2) is 0 Å². The van der Waals surface area contributed by atoms with Gasteiger partial charge >= 0.3 is 0 Å². The average Bonchev–Trinajstić information content (AvgIpc) is 2.88. The molecule has 20 heavy (non-hydrogen) atoms. The van der Waals surface area contributed by atoms with E-state index >= 15 is 0 Å². The summed E-state index contributed by atoms with van der Waals surface area (Å²) in [6.45, 7) is 4.28. The van der Waals surface area contributed by atoms with Gasteiger partial charge in [0.2, 0.25) is 0 Å². The topological polar surface area (TPSA) is 50.9 Å². The molecule has 1 heterocycles. The van der Waals surface area contributed by atoms with E-state index in [1.165, 1.54) is 5.56 Å². The maximum atomic E-state index is 9.59. The molecule has 1 aromatic heterocycles. The highest BCUT2D eigenvalue weighted by Crippen LogP contribution is 2.17. The molecule has 2 rings (SSSR count). The fraction of sp³-hybridized carbons (Fsp3) is 0.467. The van der Waals surface area contributed by atoms with Gasteiger partial charge in [-0.3, -0.25) is 0 Å². The highest BCUT2D eigenvalue weighted by Gasteiger charge is 2.15. The van der Waals surface area contributed by atoms with Crippen molar-refractivity contribution in [1.82, 2.24) is 14.8 Å². The summed E-state index contributed by atoms with van der Waals surface area (Å²) in [5.74, 6) is 1.06. The molecule has 1 aromatic carbocycles. The van der Waals surface area contributed by atoms with E-state index < -0.39 is 0 Å². The molecule has 4 nitrogen and oxygen atoms in total. The zero-order valence-corrected chi connectivity index (χ0v) is 12.6. The van der Waals surface area contributed by atoms with Crippen LogP contribution in [0.3, 0.4) is 0 Å². The maximum Gasteiger partial charge on any atom is 0.138 e. The first-order chi connectivity index (χ1) is 9.60. The Bertz CT molecular complexity index is 536. The number of nitrogens with zero attached hydrogens (tertiary/aromatic N) is 3. The molecule has 2 aromatic rings. The van der Waals surface area contributed by atoms with Crippen LogP contribution in [0.15, 0.2) is 30.6 Å². The summed E-state index contributed by atoms with van der Waals surface area (Å²) in [7, 11) is 0. The van der Waals surface area contributed by atoms with Gasteiger partial charge in [0.25, 0.3) is 0 Å². The van der Waals surface area contributed by atoms with Crippen molar-refractivity contribution < 1.29 is 5.11 Å². The fourth-order valence-corrected chi connectivity index (χ4v) is 2.39. The first kappa shape index (κ1) is 15.0. The minimum atomic E-state index is 0.133. The zero-order chi connectivity index (χ0) is 14.5. The van der Waals surface area contributed by atoms with E-state index in [0.29, 0.717) is 0 Å². The number of aliphatic hydroxyl groups excluding tert-OH is 1. The van der Waals surface area contributed by atoms with Crippen molar-refractivity contribution in [3.63, 3.8) is 0 Å². The Labute approximate surface area is 124 Å². The quantitative estimate of drug-likeness (QED) is 0.891. The van der Waals surface area contributed by atoms with Crippen molar-refractivity contribution in [3.05, 3.63) is 47.0 Å². The summed E-state index contributed by atoms with van der Waals surface area (Å²) in [6, 6.07) is 8.03. The van der Waals surface area contributed by atoms with Crippen molar-refractivity contribution in [2.24, 2.45) is 5.92 Å². The molecule has 0 saturated carbocycles. The predicted octanol–water partition coefficient (Wildman–Crippen LogP) is 2.91. The Morgan fingerprint density at radius 1 is 1.20 bits per heavy atom. The van der Waals surface area contributed by atoms with Gasteiger partial charge in [-0.1, -0.05) is 23.7 Å². The molecule has 1 unspecified atom stereocenters. The third kappa shape index (κ3) is 3.81. The number of benzene rings is 1. The molecular formula is C15H20ClN3O. The lowest BCUT2D eigenvalue weighted by atomic mass is 9.96. The molecule has 0 aliphatic heterocycles. The Morgan fingerprint density at radius 3 is 2.50 bits per heavy atom. The summed E-state index contributed by atoms with van der Waals surface area (Å²) in [5.41, 5.74) is 1.17. The average molecular weight is 294 g/mol. The lowest BCUT2D eigenvalue weighted by Gasteiger charge is -2.16. The molecule has 0 saturated heterocycles. The van der Waals surface area contributed by atoms with Gasteiger partial charge in [-0.25, -0.2) is 9.67 Å². The van der Waals surface area contributed by atoms with Crippen LogP contribution in [0.2, 0.25) is 5.02 Å². The summed E-state index contributed by atoms with van der Waals surface area (Å²) in [6.07, 6.45) is 3.10. The molecule has 1 N–H and O–H groups in total. The molecule has 0 spiro atoms. The SMILES string of the molecule is CC(C)n1ncnc1CC(CO)Cc1ccc(Cl)cc1. The largest absolute Gasteiger partial charge is 0.396 e. The van der Waals surface area contributed by atoms with Crippen molar-refractivity contribution in [1.29, 1.82) is 0 Å². The Balaban J connectivity index is 2.05. The maximum absolute atomic E-state index is 9.59. The molecule has 0 bridgehead atoms. The fourth-order valence-electron chi connectivity index (χ4n) is 2.26. The number of hydrogen-bond acceptors (Lipinski definition) is 3. The van der Waals surface area contributed by atoms with Gasteiger partial charge in [0.05, 0.1) is 0 Å². The van der Waals surface area contributed by atoms with Crippen LogP contribution < -0.4 is 0 Å². The normalized spacial score (nSPS) is 12.8. The first-order valence-corrected chi connectivity index (χ1v) is 7.21. The van der Waals surface area contributed by atoms with Crippen LogP contribution in [0.1, 0.15) is 31.3 Å². The van der Waals surface area contributed by atoms with E-state index in [4.69, 9.17) is 11.6 Å². The smallest absolute Gasteiger partial charge is 0.138 e. The highest BCUT2D eigenvalue weighted by atomic mass is 35.5. The van der Waals surface area contributed by atoms with Gasteiger partial charge in [-0.15, -0.1) is 0 Å². The lowest BCUT2D eigenvalue weighted by Crippen LogP contribution is -2.17. The van der Waals surface area contributed by atoms with Crippen LogP contribution in [0.4, 0.5) is 0 Å². The van der Waals surface area contributed by atoms with Gasteiger partial charge in [0.1, 0.15) is 12.2 Å². The van der Waals surface area contributed by atoms with Crippen molar-refractivity contribution in [2.45, 2.75) is 32.7 Å². The third-order valence-electron chi connectivity index (χ3n) is 3.30. The number of aliphatic hydroxyl groups is 1. The molecule has 0 amide bonds. The number of aromatic nitrogens is 3. The molecule has 0 aliphatic rings.